The molecule has 0 spiro atoms. The zero-order valence-corrected chi connectivity index (χ0v) is 13.8. The molecule has 23 heavy (non-hydrogen) atoms. The summed E-state index contributed by atoms with van der Waals surface area (Å²) >= 11 is 1.19. The Kier molecular flexibility index (Phi) is 6.10. The standard InChI is InChI=1S/C16H18N2O4S/c1-3-21-12-7-5-11(6-8-12)9-14(19)18-16-17-13(10-23-16)15(20)22-4-2/h5-8,10H,3-4,9H2,1-2H3,(H,17,18,19). The minimum absolute atomic E-state index is 0.195. The Morgan fingerprint density at radius 2 is 1.91 bits per heavy atom. The van der Waals surface area contributed by atoms with Crippen LogP contribution in [0.4, 0.5) is 5.13 Å². The van der Waals surface area contributed by atoms with E-state index in [-0.39, 0.29) is 24.6 Å². The lowest BCUT2D eigenvalue weighted by atomic mass is 10.1. The van der Waals surface area contributed by atoms with E-state index in [1.165, 1.54) is 11.3 Å². The van der Waals surface area contributed by atoms with Gasteiger partial charge in [-0.1, -0.05) is 12.1 Å². The Balaban J connectivity index is 1.90. The van der Waals surface area contributed by atoms with Crippen LogP contribution in [0.3, 0.4) is 0 Å². The number of nitrogens with one attached hydrogen (secondary N) is 1. The first-order valence-electron chi connectivity index (χ1n) is 7.26. The number of benzene rings is 1. The molecule has 1 aromatic carbocycles. The predicted molar refractivity (Wildman–Crippen MR) is 88.0 cm³/mol. The summed E-state index contributed by atoms with van der Waals surface area (Å²) in [6.45, 7) is 4.53. The van der Waals surface area contributed by atoms with Gasteiger partial charge in [0.05, 0.1) is 19.6 Å². The fourth-order valence-corrected chi connectivity index (χ4v) is 2.54. The van der Waals surface area contributed by atoms with Crippen LogP contribution in [0.2, 0.25) is 0 Å². The molecule has 1 heterocycles. The average Bonchev–Trinajstić information content (AvgIpc) is 2.98. The summed E-state index contributed by atoms with van der Waals surface area (Å²) in [5.74, 6) is 0.0883. The van der Waals surface area contributed by atoms with E-state index in [2.05, 4.69) is 10.3 Å². The number of hydrogen-bond acceptors (Lipinski definition) is 6. The molecule has 0 unspecified atom stereocenters. The van der Waals surface area contributed by atoms with Crippen molar-refractivity contribution in [3.8, 4) is 5.75 Å². The van der Waals surface area contributed by atoms with Crippen molar-refractivity contribution < 1.29 is 19.1 Å². The van der Waals surface area contributed by atoms with E-state index in [0.717, 1.165) is 11.3 Å². The van der Waals surface area contributed by atoms with E-state index in [1.807, 2.05) is 31.2 Å². The van der Waals surface area contributed by atoms with Gasteiger partial charge in [-0.15, -0.1) is 11.3 Å². The SMILES string of the molecule is CCOC(=O)c1csc(NC(=O)Cc2ccc(OCC)cc2)n1. The number of esters is 1. The Morgan fingerprint density at radius 1 is 1.17 bits per heavy atom. The molecule has 0 atom stereocenters. The molecule has 0 aliphatic heterocycles. The Hall–Kier alpha value is -2.41. The van der Waals surface area contributed by atoms with Crippen LogP contribution in [0.25, 0.3) is 0 Å². The number of anilines is 1. The van der Waals surface area contributed by atoms with E-state index in [1.54, 1.807) is 12.3 Å². The van der Waals surface area contributed by atoms with Crippen molar-refractivity contribution >= 4 is 28.3 Å². The van der Waals surface area contributed by atoms with Gasteiger partial charge in [0.15, 0.2) is 10.8 Å². The minimum atomic E-state index is -0.490. The molecule has 0 radical (unpaired) electrons. The van der Waals surface area contributed by atoms with Crippen LogP contribution < -0.4 is 10.1 Å². The summed E-state index contributed by atoms with van der Waals surface area (Å²) in [7, 11) is 0. The van der Waals surface area contributed by atoms with Crippen LogP contribution >= 0.6 is 11.3 Å². The van der Waals surface area contributed by atoms with Crippen LogP contribution in [-0.2, 0) is 16.0 Å². The van der Waals surface area contributed by atoms with Crippen molar-refractivity contribution in [3.05, 3.63) is 40.9 Å². The van der Waals surface area contributed by atoms with E-state index in [0.29, 0.717) is 11.7 Å². The van der Waals surface area contributed by atoms with Crippen LogP contribution in [0.1, 0.15) is 29.9 Å². The van der Waals surface area contributed by atoms with E-state index < -0.39 is 5.97 Å². The second-order valence-electron chi connectivity index (χ2n) is 4.56. The number of aromatic nitrogens is 1. The van der Waals surface area contributed by atoms with Gasteiger partial charge in [0, 0.05) is 5.38 Å². The first kappa shape index (κ1) is 17.0. The fraction of sp³-hybridized carbons (Fsp3) is 0.312. The number of thiazole rings is 1. The number of carbonyl (C=O) groups is 2. The first-order chi connectivity index (χ1) is 11.1. The van der Waals surface area contributed by atoms with Crippen LogP contribution in [-0.4, -0.2) is 30.1 Å². The molecule has 6 nitrogen and oxygen atoms in total. The maximum atomic E-state index is 12.0. The molecule has 0 saturated heterocycles. The normalized spacial score (nSPS) is 10.2. The molecule has 7 heteroatoms. The second kappa shape index (κ2) is 8.28. The monoisotopic (exact) mass is 334 g/mol. The molecule has 1 N–H and O–H groups in total. The first-order valence-corrected chi connectivity index (χ1v) is 8.14. The van der Waals surface area contributed by atoms with Gasteiger partial charge in [-0.2, -0.15) is 0 Å². The lowest BCUT2D eigenvalue weighted by Gasteiger charge is -2.05. The van der Waals surface area contributed by atoms with Crippen molar-refractivity contribution in [1.82, 2.24) is 4.98 Å². The Labute approximate surface area is 138 Å². The number of carbonyl (C=O) groups excluding carboxylic acids is 2. The Bertz CT molecular complexity index is 667. The molecule has 1 aromatic heterocycles. The summed E-state index contributed by atoms with van der Waals surface area (Å²) in [4.78, 5) is 27.6. The smallest absolute Gasteiger partial charge is 0.357 e. The van der Waals surface area contributed by atoms with Gasteiger partial charge >= 0.3 is 5.97 Å². The van der Waals surface area contributed by atoms with Gasteiger partial charge in [0.25, 0.3) is 0 Å². The number of ether oxygens (including phenoxy) is 2. The van der Waals surface area contributed by atoms with Crippen molar-refractivity contribution in [2.24, 2.45) is 0 Å². The van der Waals surface area contributed by atoms with Gasteiger partial charge in [-0.05, 0) is 31.5 Å². The highest BCUT2D eigenvalue weighted by Crippen LogP contribution is 2.17. The molecule has 0 saturated carbocycles. The second-order valence-corrected chi connectivity index (χ2v) is 5.42. The van der Waals surface area contributed by atoms with Crippen LogP contribution in [0, 0.1) is 0 Å². The molecule has 2 aromatic rings. The molecule has 0 aliphatic rings. The summed E-state index contributed by atoms with van der Waals surface area (Å²) < 4.78 is 10.2. The molecule has 0 fully saturated rings. The third kappa shape index (κ3) is 5.07. The molecular weight excluding hydrogens is 316 g/mol. The highest BCUT2D eigenvalue weighted by molar-refractivity contribution is 7.14. The number of hydrogen-bond donors (Lipinski definition) is 1. The van der Waals surface area contributed by atoms with E-state index >= 15 is 0 Å². The zero-order valence-electron chi connectivity index (χ0n) is 13.0. The number of rotatable bonds is 7. The Morgan fingerprint density at radius 3 is 2.57 bits per heavy atom. The third-order valence-corrected chi connectivity index (χ3v) is 3.59. The van der Waals surface area contributed by atoms with Gasteiger partial charge in [0.2, 0.25) is 5.91 Å². The highest BCUT2D eigenvalue weighted by Gasteiger charge is 2.13. The van der Waals surface area contributed by atoms with Crippen molar-refractivity contribution in [1.29, 1.82) is 0 Å². The number of amides is 1. The summed E-state index contributed by atoms with van der Waals surface area (Å²) in [5, 5.41) is 4.62. The molecular formula is C16H18N2O4S. The molecule has 0 aliphatic carbocycles. The molecule has 122 valence electrons. The van der Waals surface area contributed by atoms with Crippen LogP contribution in [0.15, 0.2) is 29.6 Å². The topological polar surface area (TPSA) is 77.5 Å². The summed E-state index contributed by atoms with van der Waals surface area (Å²) in [6, 6.07) is 7.34. The van der Waals surface area contributed by atoms with Crippen molar-refractivity contribution in [3.63, 3.8) is 0 Å². The van der Waals surface area contributed by atoms with E-state index in [4.69, 9.17) is 9.47 Å². The average molecular weight is 334 g/mol. The van der Waals surface area contributed by atoms with Gasteiger partial charge in [0.1, 0.15) is 5.75 Å². The molecule has 0 bridgehead atoms. The van der Waals surface area contributed by atoms with E-state index in [9.17, 15) is 9.59 Å². The fourth-order valence-electron chi connectivity index (χ4n) is 1.85. The maximum absolute atomic E-state index is 12.0. The predicted octanol–water partition coefficient (Wildman–Crippen LogP) is 2.90. The number of nitrogens with zero attached hydrogens (tertiary/aromatic N) is 1. The lowest BCUT2D eigenvalue weighted by Crippen LogP contribution is -2.14. The third-order valence-electron chi connectivity index (χ3n) is 2.83. The molecule has 1 amide bonds. The quantitative estimate of drug-likeness (QED) is 0.788. The van der Waals surface area contributed by atoms with Gasteiger partial charge < -0.3 is 14.8 Å². The lowest BCUT2D eigenvalue weighted by molar-refractivity contribution is -0.115. The zero-order chi connectivity index (χ0) is 16.7. The maximum Gasteiger partial charge on any atom is 0.357 e. The van der Waals surface area contributed by atoms with Crippen molar-refractivity contribution in [2.45, 2.75) is 20.3 Å². The highest BCUT2D eigenvalue weighted by atomic mass is 32.1. The van der Waals surface area contributed by atoms with Crippen LogP contribution in [0.5, 0.6) is 5.75 Å². The molecule has 2 rings (SSSR count). The van der Waals surface area contributed by atoms with Crippen molar-refractivity contribution in [2.75, 3.05) is 18.5 Å². The largest absolute Gasteiger partial charge is 0.494 e. The minimum Gasteiger partial charge on any atom is -0.494 e. The summed E-state index contributed by atoms with van der Waals surface area (Å²) in [5.41, 5.74) is 1.07. The van der Waals surface area contributed by atoms with Gasteiger partial charge in [-0.25, -0.2) is 9.78 Å². The van der Waals surface area contributed by atoms with Gasteiger partial charge in [-0.3, -0.25) is 4.79 Å². The summed E-state index contributed by atoms with van der Waals surface area (Å²) in [6.07, 6.45) is 0.223.